The van der Waals surface area contributed by atoms with Gasteiger partial charge in [-0.3, -0.25) is 15.0 Å². The molecule has 0 bridgehead atoms. The molecular weight excluding hydrogens is 384 g/mol. The second-order valence-electron chi connectivity index (χ2n) is 6.12. The van der Waals surface area contributed by atoms with E-state index in [-0.39, 0.29) is 17.6 Å². The quantitative estimate of drug-likeness (QED) is 0.623. The van der Waals surface area contributed by atoms with Gasteiger partial charge >= 0.3 is 0 Å². The molecule has 1 unspecified atom stereocenters. The van der Waals surface area contributed by atoms with Crippen LogP contribution in [-0.4, -0.2) is 17.9 Å². The van der Waals surface area contributed by atoms with Crippen molar-refractivity contribution in [3.63, 3.8) is 0 Å². The molecule has 6 heteroatoms. The number of halogens is 1. The molecule has 4 rings (SSSR count). The molecule has 2 aliphatic heterocycles. The van der Waals surface area contributed by atoms with Crippen molar-refractivity contribution in [2.24, 2.45) is 0 Å². The number of ether oxygens (including phenoxy) is 1. The van der Waals surface area contributed by atoms with Gasteiger partial charge in [-0.15, -0.1) is 0 Å². The zero-order valence-corrected chi connectivity index (χ0v) is 15.0. The molecule has 0 saturated carbocycles. The summed E-state index contributed by atoms with van der Waals surface area (Å²) in [5, 5.41) is 1.26. The number of fused-ring (bicyclic) bond motifs is 1. The first kappa shape index (κ1) is 15.9. The molecular formula is C19H15BrN2O3. The maximum Gasteiger partial charge on any atom is 0.282 e. The topological polar surface area (TPSA) is 58.6 Å². The van der Waals surface area contributed by atoms with Crippen LogP contribution in [0.1, 0.15) is 18.1 Å². The molecule has 1 N–H and O–H groups in total. The number of amides is 2. The van der Waals surface area contributed by atoms with E-state index in [4.69, 9.17) is 4.74 Å². The maximum atomic E-state index is 12.6. The van der Waals surface area contributed by atoms with Crippen molar-refractivity contribution in [3.05, 3.63) is 63.6 Å². The Kier molecular flexibility index (Phi) is 3.84. The van der Waals surface area contributed by atoms with Gasteiger partial charge in [0.25, 0.3) is 11.8 Å². The Bertz CT molecular complexity index is 905. The summed E-state index contributed by atoms with van der Waals surface area (Å²) in [5.74, 6) is 0.101. The van der Waals surface area contributed by atoms with E-state index in [1.165, 1.54) is 5.01 Å². The lowest BCUT2D eigenvalue weighted by Crippen LogP contribution is -2.35. The minimum absolute atomic E-state index is 0.120. The van der Waals surface area contributed by atoms with Gasteiger partial charge in [0.05, 0.1) is 5.69 Å². The first-order valence-electron chi connectivity index (χ1n) is 7.93. The lowest BCUT2D eigenvalue weighted by molar-refractivity contribution is -0.117. The fraction of sp³-hybridized carbons (Fsp3) is 0.158. The number of carbonyl (C=O) groups excluding carboxylic acids is 2. The second kappa shape index (κ2) is 6.04. The average molecular weight is 399 g/mol. The van der Waals surface area contributed by atoms with Gasteiger partial charge in [-0.2, -0.15) is 0 Å². The Morgan fingerprint density at radius 1 is 1.20 bits per heavy atom. The monoisotopic (exact) mass is 398 g/mol. The van der Waals surface area contributed by atoms with Crippen molar-refractivity contribution in [1.29, 1.82) is 0 Å². The van der Waals surface area contributed by atoms with Crippen LogP contribution >= 0.6 is 15.9 Å². The first-order chi connectivity index (χ1) is 12.0. The maximum absolute atomic E-state index is 12.6. The summed E-state index contributed by atoms with van der Waals surface area (Å²) >= 11 is 3.35. The summed E-state index contributed by atoms with van der Waals surface area (Å²) in [6.45, 7) is 2.02. The van der Waals surface area contributed by atoms with Gasteiger partial charge in [0.1, 0.15) is 17.4 Å². The van der Waals surface area contributed by atoms with E-state index in [0.29, 0.717) is 5.69 Å². The Balaban J connectivity index is 1.63. The fourth-order valence-electron chi connectivity index (χ4n) is 3.03. The number of nitrogens with zero attached hydrogens (tertiary/aromatic N) is 1. The lowest BCUT2D eigenvalue weighted by Gasteiger charge is -2.14. The SMILES string of the molecule is CC1Cc2cc(C=C3C(=O)NN(c4ccc(Br)cc4)C3=O)ccc2O1. The Labute approximate surface area is 153 Å². The van der Waals surface area contributed by atoms with Crippen LogP contribution in [0.15, 0.2) is 52.5 Å². The zero-order chi connectivity index (χ0) is 17.6. The molecule has 25 heavy (non-hydrogen) atoms. The van der Waals surface area contributed by atoms with Gasteiger partial charge in [0.15, 0.2) is 0 Å². The largest absolute Gasteiger partial charge is 0.490 e. The summed E-state index contributed by atoms with van der Waals surface area (Å²) in [4.78, 5) is 24.9. The number of anilines is 1. The van der Waals surface area contributed by atoms with E-state index >= 15 is 0 Å². The minimum Gasteiger partial charge on any atom is -0.490 e. The predicted molar refractivity (Wildman–Crippen MR) is 98.0 cm³/mol. The highest BCUT2D eigenvalue weighted by molar-refractivity contribution is 9.10. The predicted octanol–water partition coefficient (Wildman–Crippen LogP) is 3.23. The molecule has 126 valence electrons. The standard InChI is InChI=1S/C19H15BrN2O3/c1-11-8-13-9-12(2-7-17(13)25-11)10-16-18(23)21-22(19(16)24)15-5-3-14(20)4-6-15/h2-7,9-11H,8H2,1H3,(H,21,23). The third-order valence-electron chi connectivity index (χ3n) is 4.21. The van der Waals surface area contributed by atoms with Crippen molar-refractivity contribution in [1.82, 2.24) is 5.43 Å². The summed E-state index contributed by atoms with van der Waals surface area (Å²) in [6.07, 6.45) is 2.61. The van der Waals surface area contributed by atoms with Gasteiger partial charge in [-0.05, 0) is 60.5 Å². The average Bonchev–Trinajstić information content (AvgIpc) is 3.09. The van der Waals surface area contributed by atoms with Gasteiger partial charge in [0, 0.05) is 10.9 Å². The van der Waals surface area contributed by atoms with Crippen LogP contribution in [0.4, 0.5) is 5.69 Å². The van der Waals surface area contributed by atoms with Crippen molar-refractivity contribution in [3.8, 4) is 5.75 Å². The van der Waals surface area contributed by atoms with E-state index in [1.807, 2.05) is 37.3 Å². The number of benzene rings is 2. The van der Waals surface area contributed by atoms with E-state index in [2.05, 4.69) is 21.4 Å². The Hall–Kier alpha value is -2.60. The molecule has 2 aliphatic rings. The van der Waals surface area contributed by atoms with Crippen LogP contribution in [0.2, 0.25) is 0 Å². The zero-order valence-electron chi connectivity index (χ0n) is 13.5. The number of hydrogen-bond donors (Lipinski definition) is 1. The summed E-state index contributed by atoms with van der Waals surface area (Å²) in [6, 6.07) is 12.9. The lowest BCUT2D eigenvalue weighted by atomic mass is 10.0. The molecule has 0 aliphatic carbocycles. The van der Waals surface area contributed by atoms with E-state index in [9.17, 15) is 9.59 Å². The minimum atomic E-state index is -0.405. The van der Waals surface area contributed by atoms with Crippen LogP contribution in [0, 0.1) is 0 Å². The van der Waals surface area contributed by atoms with E-state index in [1.54, 1.807) is 18.2 Å². The molecule has 2 aromatic rings. The molecule has 0 radical (unpaired) electrons. The number of carbonyl (C=O) groups is 2. The van der Waals surface area contributed by atoms with Crippen LogP contribution in [-0.2, 0) is 16.0 Å². The Morgan fingerprint density at radius 3 is 2.72 bits per heavy atom. The molecule has 2 aromatic carbocycles. The molecule has 1 atom stereocenters. The third-order valence-corrected chi connectivity index (χ3v) is 4.74. The van der Waals surface area contributed by atoms with Gasteiger partial charge < -0.3 is 4.74 Å². The number of nitrogens with one attached hydrogen (secondary N) is 1. The van der Waals surface area contributed by atoms with Crippen molar-refractivity contribution >= 4 is 39.5 Å². The van der Waals surface area contributed by atoms with Gasteiger partial charge in [0.2, 0.25) is 0 Å². The van der Waals surface area contributed by atoms with Crippen LogP contribution in [0.5, 0.6) is 5.75 Å². The summed E-state index contributed by atoms with van der Waals surface area (Å²) in [5.41, 5.74) is 5.25. The highest BCUT2D eigenvalue weighted by atomic mass is 79.9. The van der Waals surface area contributed by atoms with E-state index in [0.717, 1.165) is 27.8 Å². The van der Waals surface area contributed by atoms with Crippen molar-refractivity contribution in [2.45, 2.75) is 19.4 Å². The molecule has 2 heterocycles. The fourth-order valence-corrected chi connectivity index (χ4v) is 3.29. The summed E-state index contributed by atoms with van der Waals surface area (Å²) in [7, 11) is 0. The highest BCUT2D eigenvalue weighted by Crippen LogP contribution is 2.30. The molecule has 1 saturated heterocycles. The van der Waals surface area contributed by atoms with Crippen molar-refractivity contribution < 1.29 is 14.3 Å². The van der Waals surface area contributed by atoms with Gasteiger partial charge in [-0.25, -0.2) is 5.01 Å². The number of hydrogen-bond acceptors (Lipinski definition) is 3. The van der Waals surface area contributed by atoms with Crippen LogP contribution < -0.4 is 15.2 Å². The smallest absolute Gasteiger partial charge is 0.282 e. The Morgan fingerprint density at radius 2 is 1.96 bits per heavy atom. The normalized spacial score (nSPS) is 20.6. The van der Waals surface area contributed by atoms with E-state index < -0.39 is 5.91 Å². The highest BCUT2D eigenvalue weighted by Gasteiger charge is 2.34. The summed E-state index contributed by atoms with van der Waals surface area (Å²) < 4.78 is 6.58. The number of hydrazine groups is 1. The first-order valence-corrected chi connectivity index (χ1v) is 8.73. The van der Waals surface area contributed by atoms with Gasteiger partial charge in [-0.1, -0.05) is 22.0 Å². The third kappa shape index (κ3) is 2.93. The molecule has 0 spiro atoms. The second-order valence-corrected chi connectivity index (χ2v) is 7.03. The van der Waals surface area contributed by atoms with Crippen LogP contribution in [0.25, 0.3) is 6.08 Å². The van der Waals surface area contributed by atoms with Crippen LogP contribution in [0.3, 0.4) is 0 Å². The number of rotatable bonds is 2. The molecule has 2 amide bonds. The molecule has 0 aromatic heterocycles. The molecule has 1 fully saturated rings. The van der Waals surface area contributed by atoms with Crippen molar-refractivity contribution in [2.75, 3.05) is 5.01 Å². The molecule has 5 nitrogen and oxygen atoms in total.